The van der Waals surface area contributed by atoms with E-state index in [0.29, 0.717) is 11.4 Å². The zero-order valence-corrected chi connectivity index (χ0v) is 21.5. The number of nitrogens with one attached hydrogen (secondary N) is 3. The van der Waals surface area contributed by atoms with Crippen molar-refractivity contribution in [3.05, 3.63) is 46.9 Å². The third kappa shape index (κ3) is 3.92. The highest BCUT2D eigenvalue weighted by Gasteiger charge is 2.54. The first-order valence-corrected chi connectivity index (χ1v) is 15.2. The van der Waals surface area contributed by atoms with Crippen molar-refractivity contribution in [2.24, 2.45) is 0 Å². The molecule has 2 heterocycles. The SMILES string of the molecule is CC1(C)c2[nH]nc(NC(=O)C3([Si](C)(C)C)CCC3)c2CN1C(=O)NC(CO)c1cccc(F)c1. The van der Waals surface area contributed by atoms with E-state index in [-0.39, 0.29) is 24.1 Å². The van der Waals surface area contributed by atoms with Gasteiger partial charge in [0.2, 0.25) is 5.91 Å². The number of anilines is 1. The molecule has 4 rings (SSSR count). The van der Waals surface area contributed by atoms with Gasteiger partial charge in [0.05, 0.1) is 38.5 Å². The van der Waals surface area contributed by atoms with E-state index in [1.54, 1.807) is 17.0 Å². The molecule has 3 amide bonds. The van der Waals surface area contributed by atoms with Crippen molar-refractivity contribution in [1.82, 2.24) is 20.4 Å². The van der Waals surface area contributed by atoms with Crippen molar-refractivity contribution in [3.63, 3.8) is 0 Å². The van der Waals surface area contributed by atoms with Crippen LogP contribution in [0, 0.1) is 5.82 Å². The maximum atomic E-state index is 13.7. The zero-order valence-electron chi connectivity index (χ0n) is 20.5. The molecule has 10 heteroatoms. The van der Waals surface area contributed by atoms with Gasteiger partial charge in [0.15, 0.2) is 5.82 Å². The van der Waals surface area contributed by atoms with Crippen LogP contribution in [0.4, 0.5) is 15.0 Å². The van der Waals surface area contributed by atoms with Gasteiger partial charge in [0, 0.05) is 10.6 Å². The van der Waals surface area contributed by atoms with Gasteiger partial charge in [-0.1, -0.05) is 38.2 Å². The second kappa shape index (κ2) is 8.49. The number of carbonyl (C=O) groups is 2. The molecule has 1 aliphatic heterocycles. The summed E-state index contributed by atoms with van der Waals surface area (Å²) >= 11 is 0. The van der Waals surface area contributed by atoms with Gasteiger partial charge < -0.3 is 20.6 Å². The molecule has 0 radical (unpaired) electrons. The number of nitrogens with zero attached hydrogens (tertiary/aromatic N) is 2. The first-order chi connectivity index (χ1) is 15.9. The molecule has 0 saturated heterocycles. The number of hydrogen-bond acceptors (Lipinski definition) is 4. The first-order valence-electron chi connectivity index (χ1n) is 11.7. The summed E-state index contributed by atoms with van der Waals surface area (Å²) in [4.78, 5) is 28.2. The number of H-pyrrole nitrogens is 1. The van der Waals surface area contributed by atoms with Crippen LogP contribution in [0.3, 0.4) is 0 Å². The van der Waals surface area contributed by atoms with Crippen LogP contribution in [-0.2, 0) is 16.9 Å². The van der Waals surface area contributed by atoms with Gasteiger partial charge in [0.1, 0.15) is 5.82 Å². The maximum Gasteiger partial charge on any atom is 0.319 e. The Morgan fingerprint density at radius 1 is 1.29 bits per heavy atom. The van der Waals surface area contributed by atoms with E-state index in [9.17, 15) is 19.1 Å². The summed E-state index contributed by atoms with van der Waals surface area (Å²) < 4.78 is 13.7. The van der Waals surface area contributed by atoms with Crippen LogP contribution in [0.1, 0.15) is 56.0 Å². The maximum absolute atomic E-state index is 13.7. The van der Waals surface area contributed by atoms with Gasteiger partial charge in [-0.2, -0.15) is 5.10 Å². The Hall–Kier alpha value is -2.72. The Labute approximate surface area is 200 Å². The van der Waals surface area contributed by atoms with Crippen molar-refractivity contribution in [3.8, 4) is 0 Å². The third-order valence-electron chi connectivity index (χ3n) is 7.76. The van der Waals surface area contributed by atoms with Crippen LogP contribution in [0.2, 0.25) is 24.7 Å². The summed E-state index contributed by atoms with van der Waals surface area (Å²) in [6, 6.07) is 4.67. The van der Waals surface area contributed by atoms with Gasteiger partial charge in [-0.25, -0.2) is 9.18 Å². The molecule has 0 bridgehead atoms. The predicted octanol–water partition coefficient (Wildman–Crippen LogP) is 4.24. The minimum Gasteiger partial charge on any atom is -0.394 e. The van der Waals surface area contributed by atoms with Crippen molar-refractivity contribution in [2.75, 3.05) is 11.9 Å². The lowest BCUT2D eigenvalue weighted by Crippen LogP contribution is -2.52. The number of halogens is 1. The van der Waals surface area contributed by atoms with Crippen LogP contribution >= 0.6 is 0 Å². The standard InChI is InChI=1S/C24H34FN5O3Si/c1-23(2)19-17(20(29-28-19)27-21(32)24(10-7-11-24)34(3,4)5)13-30(23)22(33)26-18(14-31)15-8-6-9-16(25)12-15/h6,8-9,12,18,31H,7,10-11,13-14H2,1-5H3,(H,26,33)(H2,27,28,29,32). The number of benzene rings is 1. The number of aromatic amines is 1. The molecule has 1 atom stereocenters. The zero-order chi connectivity index (χ0) is 24.9. The van der Waals surface area contributed by atoms with E-state index in [4.69, 9.17) is 0 Å². The second-order valence-electron chi connectivity index (χ2n) is 11.0. The number of urea groups is 1. The lowest BCUT2D eigenvalue weighted by Gasteiger charge is -2.48. The monoisotopic (exact) mass is 487 g/mol. The minimum absolute atomic E-state index is 0.0272. The largest absolute Gasteiger partial charge is 0.394 e. The Morgan fingerprint density at radius 2 is 2.00 bits per heavy atom. The van der Waals surface area contributed by atoms with Gasteiger partial charge in [-0.3, -0.25) is 9.89 Å². The number of rotatable bonds is 6. The van der Waals surface area contributed by atoms with Crippen LogP contribution in [0.25, 0.3) is 0 Å². The molecule has 4 N–H and O–H groups in total. The van der Waals surface area contributed by atoms with Crippen molar-refractivity contribution >= 4 is 25.8 Å². The molecule has 1 saturated carbocycles. The van der Waals surface area contributed by atoms with Crippen LogP contribution < -0.4 is 10.6 Å². The molecule has 1 aromatic heterocycles. The van der Waals surface area contributed by atoms with Gasteiger partial charge >= 0.3 is 6.03 Å². The number of aliphatic hydroxyl groups excluding tert-OH is 1. The lowest BCUT2D eigenvalue weighted by molar-refractivity contribution is -0.121. The molecule has 184 valence electrons. The van der Waals surface area contributed by atoms with E-state index in [1.807, 2.05) is 13.8 Å². The summed E-state index contributed by atoms with van der Waals surface area (Å²) in [5, 5.41) is 22.8. The third-order valence-corrected chi connectivity index (χ3v) is 11.4. The van der Waals surface area contributed by atoms with E-state index >= 15 is 0 Å². The van der Waals surface area contributed by atoms with Crippen LogP contribution in [0.5, 0.6) is 0 Å². The number of carbonyl (C=O) groups excluding carboxylic acids is 2. The molecule has 1 aliphatic carbocycles. The van der Waals surface area contributed by atoms with Crippen molar-refractivity contribution in [2.45, 2.75) is 75.9 Å². The molecule has 34 heavy (non-hydrogen) atoms. The number of fused-ring (bicyclic) bond motifs is 1. The molecule has 1 aromatic carbocycles. The summed E-state index contributed by atoms with van der Waals surface area (Å²) in [6.07, 6.45) is 2.88. The fourth-order valence-corrected chi connectivity index (χ4v) is 7.80. The summed E-state index contributed by atoms with van der Waals surface area (Å²) in [6.45, 7) is 10.4. The topological polar surface area (TPSA) is 110 Å². The Kier molecular flexibility index (Phi) is 6.10. The molecule has 1 fully saturated rings. The Bertz CT molecular complexity index is 1110. The predicted molar refractivity (Wildman–Crippen MR) is 130 cm³/mol. The number of aliphatic hydroxyl groups is 1. The Morgan fingerprint density at radius 3 is 2.56 bits per heavy atom. The fourth-order valence-electron chi connectivity index (χ4n) is 5.20. The number of aromatic nitrogens is 2. The quantitative estimate of drug-likeness (QED) is 0.457. The van der Waals surface area contributed by atoms with Gasteiger partial charge in [-0.15, -0.1) is 0 Å². The lowest BCUT2D eigenvalue weighted by atomic mass is 9.83. The normalized spacial score (nSPS) is 19.2. The van der Waals surface area contributed by atoms with Crippen molar-refractivity contribution < 1.29 is 19.1 Å². The van der Waals surface area contributed by atoms with Gasteiger partial charge in [0.25, 0.3) is 0 Å². The number of amides is 3. The molecule has 2 aliphatic rings. The minimum atomic E-state index is -1.74. The fraction of sp³-hybridized carbons (Fsp3) is 0.542. The van der Waals surface area contributed by atoms with Crippen LogP contribution in [-0.4, -0.2) is 46.8 Å². The smallest absolute Gasteiger partial charge is 0.319 e. The van der Waals surface area contributed by atoms with E-state index in [0.717, 1.165) is 30.5 Å². The molecule has 1 unspecified atom stereocenters. The van der Waals surface area contributed by atoms with E-state index in [1.165, 1.54) is 12.1 Å². The first kappa shape index (κ1) is 24.4. The summed E-state index contributed by atoms with van der Waals surface area (Å²) in [7, 11) is -1.74. The molecule has 0 spiro atoms. The summed E-state index contributed by atoms with van der Waals surface area (Å²) in [5.74, 6) is 0.0619. The highest BCUT2D eigenvalue weighted by Crippen LogP contribution is 2.56. The van der Waals surface area contributed by atoms with E-state index < -0.39 is 31.5 Å². The van der Waals surface area contributed by atoms with Gasteiger partial charge in [-0.05, 0) is 44.4 Å². The Balaban J connectivity index is 1.52. The average Bonchev–Trinajstić information content (AvgIpc) is 3.22. The molecular weight excluding hydrogens is 453 g/mol. The molecule has 8 nitrogen and oxygen atoms in total. The molecular formula is C24H34FN5O3Si. The average molecular weight is 488 g/mol. The number of hydrogen-bond donors (Lipinski definition) is 4. The highest BCUT2D eigenvalue weighted by atomic mass is 28.3. The second-order valence-corrected chi connectivity index (χ2v) is 16.4. The van der Waals surface area contributed by atoms with E-state index in [2.05, 4.69) is 40.5 Å². The van der Waals surface area contributed by atoms with Crippen molar-refractivity contribution in [1.29, 1.82) is 0 Å². The molecule has 2 aromatic rings. The highest BCUT2D eigenvalue weighted by molar-refractivity contribution is 6.83. The summed E-state index contributed by atoms with van der Waals surface area (Å²) in [5.41, 5.74) is 1.31. The van der Waals surface area contributed by atoms with Crippen LogP contribution in [0.15, 0.2) is 24.3 Å².